The van der Waals surface area contributed by atoms with Crippen LogP contribution in [0.2, 0.25) is 5.02 Å². The van der Waals surface area contributed by atoms with E-state index in [0.29, 0.717) is 23.6 Å². The van der Waals surface area contributed by atoms with Crippen LogP contribution in [-0.4, -0.2) is 49.0 Å². The minimum Gasteiger partial charge on any atom is -0.468 e. The predicted molar refractivity (Wildman–Crippen MR) is 120 cm³/mol. The fourth-order valence-electron chi connectivity index (χ4n) is 3.95. The number of rotatable bonds is 4. The summed E-state index contributed by atoms with van der Waals surface area (Å²) in [4.78, 5) is 27.2. The number of carbonyl (C=O) groups is 2. The molecule has 1 aromatic rings. The van der Waals surface area contributed by atoms with Gasteiger partial charge in [0.2, 0.25) is 0 Å². The molecule has 2 N–H and O–H groups in total. The number of piperidine rings is 1. The number of likely N-dealkylation sites (tertiary alicyclic amines) is 1. The molecule has 1 saturated heterocycles. The van der Waals surface area contributed by atoms with E-state index in [1.165, 1.54) is 13.3 Å². The second kappa shape index (κ2) is 8.75. The summed E-state index contributed by atoms with van der Waals surface area (Å²) in [6.45, 7) is 6.00. The quantitative estimate of drug-likeness (QED) is 0.513. The topological polar surface area (TPSA) is 91.7 Å². The minimum atomic E-state index is -1.04. The van der Waals surface area contributed by atoms with Crippen molar-refractivity contribution in [3.05, 3.63) is 52.2 Å². The van der Waals surface area contributed by atoms with Gasteiger partial charge in [0.05, 0.1) is 7.11 Å². The molecule has 0 spiro atoms. The smallest absolute Gasteiger partial charge is 0.410 e. The van der Waals surface area contributed by atoms with Crippen LogP contribution in [0.25, 0.3) is 0 Å². The summed E-state index contributed by atoms with van der Waals surface area (Å²) in [5, 5.41) is 11.9. The van der Waals surface area contributed by atoms with E-state index in [0.717, 1.165) is 17.0 Å². The fraction of sp³-hybridized carbons (Fsp3) is 0.435. The van der Waals surface area contributed by atoms with Crippen LogP contribution in [0.15, 0.2) is 47.2 Å². The summed E-state index contributed by atoms with van der Waals surface area (Å²) >= 11 is 5.97. The average Bonchev–Trinajstić information content (AvgIpc) is 2.72. The minimum absolute atomic E-state index is 0.145. The van der Waals surface area contributed by atoms with Gasteiger partial charge in [-0.2, -0.15) is 0 Å². The van der Waals surface area contributed by atoms with Gasteiger partial charge in [-0.1, -0.05) is 11.6 Å². The summed E-state index contributed by atoms with van der Waals surface area (Å²) in [6, 6.07) is 7.26. The van der Waals surface area contributed by atoms with Crippen molar-refractivity contribution in [2.45, 2.75) is 39.2 Å². The van der Waals surface area contributed by atoms with Crippen LogP contribution in [0.3, 0.4) is 0 Å². The van der Waals surface area contributed by atoms with Gasteiger partial charge in [-0.25, -0.2) is 4.79 Å². The van der Waals surface area contributed by atoms with Crippen molar-refractivity contribution < 1.29 is 19.1 Å². The monoisotopic (exact) mass is 445 g/mol. The second-order valence-corrected chi connectivity index (χ2v) is 9.22. The zero-order valence-electron chi connectivity index (χ0n) is 18.3. The molecule has 166 valence electrons. The van der Waals surface area contributed by atoms with Gasteiger partial charge < -0.3 is 25.1 Å². The maximum Gasteiger partial charge on any atom is 0.410 e. The normalized spacial score (nSPS) is 21.1. The van der Waals surface area contributed by atoms with Gasteiger partial charge in [-0.3, -0.25) is 4.79 Å². The number of esters is 1. The van der Waals surface area contributed by atoms with Crippen molar-refractivity contribution in [3.8, 4) is 0 Å². The lowest BCUT2D eigenvalue weighted by Crippen LogP contribution is -2.53. The SMILES string of the molecule is COC(=O)C12CC(C=N)=C(Nc3ccc(Cl)cc3)C=C1CCN(C(=O)OC(C)(C)C)C2. The first-order valence-electron chi connectivity index (χ1n) is 10.1. The number of carbonyl (C=O) groups excluding carboxylic acids is 2. The molecule has 0 saturated carbocycles. The molecule has 0 radical (unpaired) electrons. The maximum atomic E-state index is 13.0. The Bertz CT molecular complexity index is 947. The first kappa shape index (κ1) is 22.9. The molecule has 0 aromatic heterocycles. The number of hydrogen-bond donors (Lipinski definition) is 2. The second-order valence-electron chi connectivity index (χ2n) is 8.79. The largest absolute Gasteiger partial charge is 0.468 e. The number of nitrogens with zero attached hydrogens (tertiary/aromatic N) is 1. The van der Waals surface area contributed by atoms with Crippen molar-refractivity contribution in [3.63, 3.8) is 0 Å². The third kappa shape index (κ3) is 4.93. The third-order valence-corrected chi connectivity index (χ3v) is 5.66. The molecule has 8 heteroatoms. The van der Waals surface area contributed by atoms with Gasteiger partial charge in [-0.05, 0) is 75.1 Å². The van der Waals surface area contributed by atoms with Gasteiger partial charge in [0.1, 0.15) is 11.0 Å². The molecule has 1 aliphatic heterocycles. The van der Waals surface area contributed by atoms with Crippen LogP contribution >= 0.6 is 11.6 Å². The highest BCUT2D eigenvalue weighted by Gasteiger charge is 2.50. The van der Waals surface area contributed by atoms with E-state index in [-0.39, 0.29) is 13.0 Å². The number of halogens is 1. The van der Waals surface area contributed by atoms with Crippen molar-refractivity contribution in [1.29, 1.82) is 5.41 Å². The maximum absolute atomic E-state index is 13.0. The van der Waals surface area contributed by atoms with Crippen LogP contribution in [0.5, 0.6) is 0 Å². The summed E-state index contributed by atoms with van der Waals surface area (Å²) in [7, 11) is 1.34. The molecule has 1 fully saturated rings. The Kier molecular flexibility index (Phi) is 6.46. The Balaban J connectivity index is 1.93. The lowest BCUT2D eigenvalue weighted by atomic mass is 9.68. The first-order valence-corrected chi connectivity index (χ1v) is 10.5. The van der Waals surface area contributed by atoms with Crippen LogP contribution < -0.4 is 5.32 Å². The number of ether oxygens (including phenoxy) is 2. The highest BCUT2D eigenvalue weighted by atomic mass is 35.5. The molecule has 7 nitrogen and oxygen atoms in total. The van der Waals surface area contributed by atoms with E-state index >= 15 is 0 Å². The number of methoxy groups -OCH3 is 1. The number of hydrogen-bond acceptors (Lipinski definition) is 6. The molecule has 1 heterocycles. The third-order valence-electron chi connectivity index (χ3n) is 5.41. The van der Waals surface area contributed by atoms with Gasteiger partial charge in [0.25, 0.3) is 0 Å². The Morgan fingerprint density at radius 3 is 2.52 bits per heavy atom. The van der Waals surface area contributed by atoms with Crippen LogP contribution in [0.1, 0.15) is 33.6 Å². The van der Waals surface area contributed by atoms with Crippen molar-refractivity contribution >= 4 is 35.6 Å². The Labute approximate surface area is 187 Å². The molecule has 1 unspecified atom stereocenters. The van der Waals surface area contributed by atoms with E-state index in [1.807, 2.05) is 39.0 Å². The van der Waals surface area contributed by atoms with Crippen LogP contribution in [0, 0.1) is 10.8 Å². The highest BCUT2D eigenvalue weighted by molar-refractivity contribution is 6.30. The van der Waals surface area contributed by atoms with Gasteiger partial charge in [0.15, 0.2) is 0 Å². The number of benzene rings is 1. The van der Waals surface area contributed by atoms with E-state index in [2.05, 4.69) is 5.32 Å². The van der Waals surface area contributed by atoms with Gasteiger partial charge in [-0.15, -0.1) is 0 Å². The number of fused-ring (bicyclic) bond motifs is 1. The summed E-state index contributed by atoms with van der Waals surface area (Å²) in [6.07, 6.45) is 3.44. The standard InChI is InChI=1S/C23H28ClN3O4/c1-22(2,3)31-21(29)27-10-9-16-11-19(26-18-7-5-17(24)6-8-18)15(13-25)12-23(16,14-27)20(28)30-4/h5-8,11,13,25-26H,9-10,12,14H2,1-4H3. The predicted octanol–water partition coefficient (Wildman–Crippen LogP) is 4.79. The molecule has 31 heavy (non-hydrogen) atoms. The Morgan fingerprint density at radius 2 is 1.94 bits per heavy atom. The lowest BCUT2D eigenvalue weighted by Gasteiger charge is -2.45. The average molecular weight is 446 g/mol. The van der Waals surface area contributed by atoms with Crippen LogP contribution in [0.4, 0.5) is 10.5 Å². The summed E-state index contributed by atoms with van der Waals surface area (Å²) < 4.78 is 10.7. The van der Waals surface area contributed by atoms with E-state index in [4.69, 9.17) is 26.5 Å². The number of anilines is 1. The van der Waals surface area contributed by atoms with Crippen molar-refractivity contribution in [1.82, 2.24) is 4.90 Å². The fourth-order valence-corrected chi connectivity index (χ4v) is 4.07. The van der Waals surface area contributed by atoms with Crippen LogP contribution in [-0.2, 0) is 14.3 Å². The molecular weight excluding hydrogens is 418 g/mol. The number of allylic oxidation sites excluding steroid dienone is 2. The molecule has 1 amide bonds. The Morgan fingerprint density at radius 1 is 1.26 bits per heavy atom. The van der Waals surface area contributed by atoms with E-state index < -0.39 is 23.1 Å². The number of amides is 1. The zero-order chi connectivity index (χ0) is 22.8. The molecule has 1 aliphatic carbocycles. The zero-order valence-corrected chi connectivity index (χ0v) is 19.0. The summed E-state index contributed by atoms with van der Waals surface area (Å²) in [5.41, 5.74) is 1.43. The highest BCUT2D eigenvalue weighted by Crippen LogP contribution is 2.46. The van der Waals surface area contributed by atoms with E-state index in [1.54, 1.807) is 17.0 Å². The molecule has 1 atom stereocenters. The molecule has 3 rings (SSSR count). The van der Waals surface area contributed by atoms with E-state index in [9.17, 15) is 9.59 Å². The molecular formula is C23H28ClN3O4. The van der Waals surface area contributed by atoms with Crippen molar-refractivity contribution in [2.24, 2.45) is 5.41 Å². The lowest BCUT2D eigenvalue weighted by molar-refractivity contribution is -0.152. The van der Waals surface area contributed by atoms with Gasteiger partial charge in [0, 0.05) is 35.7 Å². The Hall–Kier alpha value is -2.80. The van der Waals surface area contributed by atoms with Gasteiger partial charge >= 0.3 is 12.1 Å². The summed E-state index contributed by atoms with van der Waals surface area (Å²) in [5.74, 6) is -0.420. The molecule has 2 aliphatic rings. The number of nitrogens with one attached hydrogen (secondary N) is 2. The first-order chi connectivity index (χ1) is 14.6. The molecule has 1 aromatic carbocycles. The van der Waals surface area contributed by atoms with Crippen molar-refractivity contribution in [2.75, 3.05) is 25.5 Å². The molecule has 0 bridgehead atoms.